The van der Waals surface area contributed by atoms with E-state index in [9.17, 15) is 4.79 Å². The highest BCUT2D eigenvalue weighted by Crippen LogP contribution is 2.35. The molecule has 0 fully saturated rings. The maximum Gasteiger partial charge on any atom is 0.329 e. The lowest BCUT2D eigenvalue weighted by Gasteiger charge is -2.33. The van der Waals surface area contributed by atoms with Crippen LogP contribution < -0.4 is 10.6 Å². The second-order valence-corrected chi connectivity index (χ2v) is 9.42. The van der Waals surface area contributed by atoms with Gasteiger partial charge in [0.25, 0.3) is 0 Å². The lowest BCUT2D eigenvalue weighted by molar-refractivity contribution is 0.190. The van der Waals surface area contributed by atoms with Crippen molar-refractivity contribution >= 4 is 23.1 Å². The third kappa shape index (κ3) is 5.85. The number of nitrogens with two attached hydrogens (primary N) is 1. The van der Waals surface area contributed by atoms with Gasteiger partial charge in [0, 0.05) is 19.6 Å². The molecule has 4 rings (SSSR count). The molecule has 0 bridgehead atoms. The van der Waals surface area contributed by atoms with Crippen LogP contribution in [0.2, 0.25) is 0 Å². The zero-order valence-electron chi connectivity index (χ0n) is 21.3. The van der Waals surface area contributed by atoms with Crippen LogP contribution in [0.3, 0.4) is 0 Å². The molecule has 0 saturated carbocycles. The third-order valence-corrected chi connectivity index (χ3v) is 7.05. The van der Waals surface area contributed by atoms with Crippen LogP contribution in [0.15, 0.2) is 66.7 Å². The predicted molar refractivity (Wildman–Crippen MR) is 146 cm³/mol. The number of nitrogens with zero attached hydrogens (tertiary/aromatic N) is 3. The van der Waals surface area contributed by atoms with Crippen LogP contribution in [-0.4, -0.2) is 42.0 Å². The molecule has 0 atom stereocenters. The molecule has 2 amide bonds. The summed E-state index contributed by atoms with van der Waals surface area (Å²) in [6.45, 7) is 10.4. The summed E-state index contributed by atoms with van der Waals surface area (Å²) in [6, 6.07) is 22.5. The number of fused-ring (bicyclic) bond motifs is 1. The van der Waals surface area contributed by atoms with Crippen molar-refractivity contribution in [2.24, 2.45) is 0 Å². The zero-order chi connectivity index (χ0) is 24.8. The number of carbonyl (C=O) groups is 1. The number of para-hydroxylation sites is 2. The molecule has 0 aromatic heterocycles. The van der Waals surface area contributed by atoms with Crippen LogP contribution in [0.5, 0.6) is 0 Å². The van der Waals surface area contributed by atoms with E-state index < -0.39 is 0 Å². The van der Waals surface area contributed by atoms with Crippen molar-refractivity contribution in [2.75, 3.05) is 36.8 Å². The van der Waals surface area contributed by atoms with Gasteiger partial charge >= 0.3 is 6.03 Å². The van der Waals surface area contributed by atoms with Crippen molar-refractivity contribution in [3.8, 4) is 0 Å². The highest BCUT2D eigenvalue weighted by molar-refractivity contribution is 6.02. The van der Waals surface area contributed by atoms with E-state index in [0.29, 0.717) is 18.8 Å². The fraction of sp³-hybridized carbons (Fsp3) is 0.367. The van der Waals surface area contributed by atoms with Gasteiger partial charge in [0.2, 0.25) is 0 Å². The van der Waals surface area contributed by atoms with Gasteiger partial charge in [0.15, 0.2) is 0 Å². The van der Waals surface area contributed by atoms with E-state index in [0.717, 1.165) is 49.4 Å². The second-order valence-electron chi connectivity index (χ2n) is 9.42. The molecule has 0 spiro atoms. The average molecular weight is 471 g/mol. The van der Waals surface area contributed by atoms with Gasteiger partial charge in [-0.2, -0.15) is 0 Å². The summed E-state index contributed by atoms with van der Waals surface area (Å²) in [5.41, 5.74) is 13.7. The normalized spacial score (nSPS) is 12.6. The summed E-state index contributed by atoms with van der Waals surface area (Å²) in [6.07, 6.45) is 3.34. The van der Waals surface area contributed by atoms with Crippen LogP contribution in [0, 0.1) is 6.92 Å². The smallest absolute Gasteiger partial charge is 0.329 e. The number of urea groups is 1. The Kier molecular flexibility index (Phi) is 8.09. The fourth-order valence-electron chi connectivity index (χ4n) is 4.84. The number of hydrogen-bond acceptors (Lipinski definition) is 3. The molecule has 0 unspecified atom stereocenters. The van der Waals surface area contributed by atoms with Crippen molar-refractivity contribution in [3.63, 3.8) is 0 Å². The van der Waals surface area contributed by atoms with E-state index in [1.165, 1.54) is 23.1 Å². The van der Waals surface area contributed by atoms with E-state index in [1.807, 2.05) is 34.1 Å². The monoisotopic (exact) mass is 470 g/mol. The Balaban J connectivity index is 1.72. The molecule has 0 heterocycles. The van der Waals surface area contributed by atoms with Crippen molar-refractivity contribution in [1.29, 1.82) is 0 Å². The number of hydrogen-bond donors (Lipinski definition) is 1. The first-order chi connectivity index (χ1) is 17.0. The minimum Gasteiger partial charge on any atom is -0.397 e. The standard InChI is InChI=1S/C30H38N4O/c1-4-32(5-2)19-20-33(22-24-15-13-23(3)14-16-24)30(35)34(29-12-7-6-11-28(29)31)27-18-17-25-9-8-10-26(25)21-27/h6-7,11-18,21H,4-5,8-10,19-20,22,31H2,1-3H3. The highest BCUT2D eigenvalue weighted by Gasteiger charge is 2.27. The van der Waals surface area contributed by atoms with Gasteiger partial charge in [-0.3, -0.25) is 4.90 Å². The van der Waals surface area contributed by atoms with Crippen LogP contribution in [0.25, 0.3) is 0 Å². The lowest BCUT2D eigenvalue weighted by Crippen LogP contribution is -2.44. The predicted octanol–water partition coefficient (Wildman–Crippen LogP) is 6.17. The maximum atomic E-state index is 14.3. The summed E-state index contributed by atoms with van der Waals surface area (Å²) in [5, 5.41) is 0. The Morgan fingerprint density at radius 1 is 0.886 bits per heavy atom. The number of likely N-dealkylation sites (N-methyl/N-ethyl adjacent to an activating group) is 1. The lowest BCUT2D eigenvalue weighted by atomic mass is 10.1. The van der Waals surface area contributed by atoms with Gasteiger partial charge in [-0.05, 0) is 80.2 Å². The second kappa shape index (κ2) is 11.4. The average Bonchev–Trinajstić information content (AvgIpc) is 3.34. The molecule has 0 aliphatic heterocycles. The molecular formula is C30H38N4O. The van der Waals surface area contributed by atoms with Gasteiger partial charge in [-0.1, -0.05) is 61.9 Å². The van der Waals surface area contributed by atoms with Crippen molar-refractivity contribution in [2.45, 2.75) is 46.6 Å². The maximum absolute atomic E-state index is 14.3. The van der Waals surface area contributed by atoms with Crippen LogP contribution in [0.4, 0.5) is 21.9 Å². The molecule has 35 heavy (non-hydrogen) atoms. The quantitative estimate of drug-likeness (QED) is 0.381. The van der Waals surface area contributed by atoms with E-state index >= 15 is 0 Å². The number of anilines is 3. The number of rotatable bonds is 9. The highest BCUT2D eigenvalue weighted by atomic mass is 16.2. The minimum absolute atomic E-state index is 0.0476. The Morgan fingerprint density at radius 2 is 1.60 bits per heavy atom. The summed E-state index contributed by atoms with van der Waals surface area (Å²) in [5.74, 6) is 0. The van der Waals surface area contributed by atoms with E-state index in [-0.39, 0.29) is 6.03 Å². The first-order valence-electron chi connectivity index (χ1n) is 12.8. The summed E-state index contributed by atoms with van der Waals surface area (Å²) in [7, 11) is 0. The van der Waals surface area contributed by atoms with E-state index in [2.05, 4.69) is 68.1 Å². The molecule has 5 nitrogen and oxygen atoms in total. The third-order valence-electron chi connectivity index (χ3n) is 7.05. The number of carbonyl (C=O) groups excluding carboxylic acids is 1. The number of benzene rings is 3. The summed E-state index contributed by atoms with van der Waals surface area (Å²) >= 11 is 0. The molecular weight excluding hydrogens is 432 g/mol. The SMILES string of the molecule is CCN(CC)CCN(Cc1ccc(C)cc1)C(=O)N(c1ccc2c(c1)CCC2)c1ccccc1N. The Labute approximate surface area is 210 Å². The molecule has 5 heteroatoms. The van der Waals surface area contributed by atoms with Gasteiger partial charge < -0.3 is 15.5 Å². The summed E-state index contributed by atoms with van der Waals surface area (Å²) in [4.78, 5) is 20.5. The molecule has 1 aliphatic rings. The molecule has 0 radical (unpaired) electrons. The topological polar surface area (TPSA) is 52.8 Å². The van der Waals surface area contributed by atoms with Gasteiger partial charge in [-0.25, -0.2) is 4.79 Å². The van der Waals surface area contributed by atoms with Crippen molar-refractivity contribution in [1.82, 2.24) is 9.80 Å². The largest absolute Gasteiger partial charge is 0.397 e. The van der Waals surface area contributed by atoms with Gasteiger partial charge in [0.05, 0.1) is 17.1 Å². The molecule has 2 N–H and O–H groups in total. The molecule has 184 valence electrons. The molecule has 1 aliphatic carbocycles. The Hall–Kier alpha value is -3.31. The van der Waals surface area contributed by atoms with E-state index in [4.69, 9.17) is 5.73 Å². The Morgan fingerprint density at radius 3 is 2.31 bits per heavy atom. The number of nitrogen functional groups attached to an aromatic ring is 1. The Bertz CT molecular complexity index is 1140. The number of aryl methyl sites for hydroxylation is 3. The minimum atomic E-state index is -0.0476. The first-order valence-corrected chi connectivity index (χ1v) is 12.8. The van der Waals surface area contributed by atoms with Crippen LogP contribution in [-0.2, 0) is 19.4 Å². The van der Waals surface area contributed by atoms with Gasteiger partial charge in [-0.15, -0.1) is 0 Å². The first kappa shape index (κ1) is 24.8. The van der Waals surface area contributed by atoms with Crippen molar-refractivity contribution < 1.29 is 4.79 Å². The zero-order valence-corrected chi connectivity index (χ0v) is 21.3. The molecule has 0 saturated heterocycles. The molecule has 3 aromatic rings. The van der Waals surface area contributed by atoms with Crippen molar-refractivity contribution in [3.05, 3.63) is 89.0 Å². The van der Waals surface area contributed by atoms with Gasteiger partial charge in [0.1, 0.15) is 0 Å². The molecule has 3 aromatic carbocycles. The number of amides is 2. The van der Waals surface area contributed by atoms with Crippen LogP contribution >= 0.6 is 0 Å². The fourth-order valence-corrected chi connectivity index (χ4v) is 4.84. The van der Waals surface area contributed by atoms with Crippen LogP contribution in [0.1, 0.15) is 42.5 Å². The summed E-state index contributed by atoms with van der Waals surface area (Å²) < 4.78 is 0. The van der Waals surface area contributed by atoms with E-state index in [1.54, 1.807) is 0 Å².